The van der Waals surface area contributed by atoms with Gasteiger partial charge in [-0.2, -0.15) is 5.26 Å². The lowest BCUT2D eigenvalue weighted by Crippen LogP contribution is -2.32. The van der Waals surface area contributed by atoms with Crippen molar-refractivity contribution in [2.45, 2.75) is 27.7 Å². The van der Waals surface area contributed by atoms with E-state index in [1.807, 2.05) is 6.07 Å². The Hall–Kier alpha value is -1.08. The number of benzene rings is 1. The fourth-order valence-electron chi connectivity index (χ4n) is 2.02. The molecule has 1 aromatic carbocycles. The molecule has 0 saturated carbocycles. The second-order valence-corrected chi connectivity index (χ2v) is 6.36. The van der Waals surface area contributed by atoms with Gasteiger partial charge < -0.3 is 4.90 Å². The molecule has 0 amide bonds. The number of halogens is 2. The highest BCUT2D eigenvalue weighted by molar-refractivity contribution is 9.10. The second kappa shape index (κ2) is 6.91. The summed E-state index contributed by atoms with van der Waals surface area (Å²) in [5, 5.41) is 8.90. The fourth-order valence-corrected chi connectivity index (χ4v) is 2.45. The van der Waals surface area contributed by atoms with Crippen molar-refractivity contribution in [3.8, 4) is 6.07 Å². The lowest BCUT2D eigenvalue weighted by atomic mass is 10.1. The molecule has 0 saturated heterocycles. The van der Waals surface area contributed by atoms with Gasteiger partial charge in [0.1, 0.15) is 6.07 Å². The highest BCUT2D eigenvalue weighted by Crippen LogP contribution is 2.30. The molecule has 4 heteroatoms. The molecule has 104 valence electrons. The molecule has 0 spiro atoms. The van der Waals surface area contributed by atoms with E-state index in [1.165, 1.54) is 0 Å². The first-order valence-electron chi connectivity index (χ1n) is 6.49. The number of nitrogens with zero attached hydrogens (tertiary/aromatic N) is 2. The number of rotatable bonds is 5. The SMILES string of the molecule is CC(C)CN(CC(C)C)c1ccc(C#N)c(Br)c1F. The van der Waals surface area contributed by atoms with Crippen molar-refractivity contribution in [3.05, 3.63) is 28.0 Å². The van der Waals surface area contributed by atoms with Crippen LogP contribution >= 0.6 is 15.9 Å². The third-order valence-corrected chi connectivity index (χ3v) is 3.47. The molecule has 0 aromatic heterocycles. The van der Waals surface area contributed by atoms with Gasteiger partial charge in [0.05, 0.1) is 15.7 Å². The molecule has 0 aliphatic heterocycles. The minimum absolute atomic E-state index is 0.255. The van der Waals surface area contributed by atoms with Gasteiger partial charge in [0.25, 0.3) is 0 Å². The second-order valence-electron chi connectivity index (χ2n) is 5.56. The summed E-state index contributed by atoms with van der Waals surface area (Å²) in [5.74, 6) is 0.556. The van der Waals surface area contributed by atoms with Crippen LogP contribution in [0.4, 0.5) is 10.1 Å². The first kappa shape index (κ1) is 16.0. The third kappa shape index (κ3) is 4.21. The summed E-state index contributed by atoms with van der Waals surface area (Å²) < 4.78 is 14.6. The fraction of sp³-hybridized carbons (Fsp3) is 0.533. The molecular weight excluding hydrogens is 307 g/mol. The van der Waals surface area contributed by atoms with Gasteiger partial charge in [0.15, 0.2) is 5.82 Å². The van der Waals surface area contributed by atoms with Crippen LogP contribution in [0.2, 0.25) is 0 Å². The number of anilines is 1. The number of hydrogen-bond donors (Lipinski definition) is 0. The maximum Gasteiger partial charge on any atom is 0.161 e. The molecule has 2 nitrogen and oxygen atoms in total. The summed E-state index contributed by atoms with van der Waals surface area (Å²) >= 11 is 3.17. The van der Waals surface area contributed by atoms with E-state index < -0.39 is 0 Å². The topological polar surface area (TPSA) is 27.0 Å². The maximum absolute atomic E-state index is 14.4. The van der Waals surface area contributed by atoms with E-state index in [9.17, 15) is 4.39 Å². The van der Waals surface area contributed by atoms with Gasteiger partial charge in [-0.3, -0.25) is 0 Å². The van der Waals surface area contributed by atoms with Crippen LogP contribution in [0.25, 0.3) is 0 Å². The summed E-state index contributed by atoms with van der Waals surface area (Å²) in [6.45, 7) is 10.1. The Morgan fingerprint density at radius 2 is 1.74 bits per heavy atom. The Labute approximate surface area is 123 Å². The van der Waals surface area contributed by atoms with E-state index in [0.717, 1.165) is 13.1 Å². The van der Waals surface area contributed by atoms with Gasteiger partial charge in [-0.05, 0) is 39.9 Å². The molecule has 0 bridgehead atoms. The van der Waals surface area contributed by atoms with E-state index in [4.69, 9.17) is 5.26 Å². The molecule has 1 rings (SSSR count). The highest BCUT2D eigenvalue weighted by Gasteiger charge is 2.18. The molecule has 0 aliphatic rings. The van der Waals surface area contributed by atoms with Crippen LogP contribution in [0.5, 0.6) is 0 Å². The van der Waals surface area contributed by atoms with Crippen molar-refractivity contribution >= 4 is 21.6 Å². The lowest BCUT2D eigenvalue weighted by Gasteiger charge is -2.29. The van der Waals surface area contributed by atoms with Crippen molar-refractivity contribution in [2.24, 2.45) is 11.8 Å². The normalized spacial score (nSPS) is 10.9. The Balaban J connectivity index is 3.16. The monoisotopic (exact) mass is 326 g/mol. The molecule has 0 atom stereocenters. The molecule has 0 unspecified atom stereocenters. The zero-order chi connectivity index (χ0) is 14.6. The molecule has 19 heavy (non-hydrogen) atoms. The van der Waals surface area contributed by atoms with Crippen molar-refractivity contribution in [3.63, 3.8) is 0 Å². The maximum atomic E-state index is 14.4. The summed E-state index contributed by atoms with van der Waals surface area (Å²) in [7, 11) is 0. The average Bonchev–Trinajstić information content (AvgIpc) is 2.30. The predicted molar refractivity (Wildman–Crippen MR) is 80.7 cm³/mol. The Kier molecular flexibility index (Phi) is 5.81. The third-order valence-electron chi connectivity index (χ3n) is 2.69. The van der Waals surface area contributed by atoms with Gasteiger partial charge in [-0.1, -0.05) is 27.7 Å². The number of hydrogen-bond acceptors (Lipinski definition) is 2. The van der Waals surface area contributed by atoms with E-state index >= 15 is 0 Å². The van der Waals surface area contributed by atoms with Gasteiger partial charge >= 0.3 is 0 Å². The van der Waals surface area contributed by atoms with Crippen molar-refractivity contribution in [1.29, 1.82) is 5.26 Å². The van der Waals surface area contributed by atoms with Gasteiger partial charge in [0.2, 0.25) is 0 Å². The van der Waals surface area contributed by atoms with E-state index in [2.05, 4.69) is 48.5 Å². The van der Waals surface area contributed by atoms with Crippen molar-refractivity contribution in [1.82, 2.24) is 0 Å². The van der Waals surface area contributed by atoms with Crippen LogP contribution in [-0.2, 0) is 0 Å². The van der Waals surface area contributed by atoms with Crippen molar-refractivity contribution < 1.29 is 4.39 Å². The summed E-state index contributed by atoms with van der Waals surface area (Å²) in [4.78, 5) is 2.05. The van der Waals surface area contributed by atoms with Crippen LogP contribution in [0, 0.1) is 29.0 Å². The predicted octanol–water partition coefficient (Wildman–Crippen LogP) is 4.58. The smallest absolute Gasteiger partial charge is 0.161 e. The summed E-state index contributed by atoms with van der Waals surface area (Å²) in [6.07, 6.45) is 0. The first-order valence-corrected chi connectivity index (χ1v) is 7.29. The Morgan fingerprint density at radius 1 is 1.21 bits per heavy atom. The molecular formula is C15H20BrFN2. The zero-order valence-corrected chi connectivity index (χ0v) is 13.5. The van der Waals surface area contributed by atoms with Gasteiger partial charge in [-0.25, -0.2) is 4.39 Å². The zero-order valence-electron chi connectivity index (χ0n) is 11.9. The van der Waals surface area contributed by atoms with E-state index in [1.54, 1.807) is 12.1 Å². The van der Waals surface area contributed by atoms with Gasteiger partial charge in [0, 0.05) is 13.1 Å². The van der Waals surface area contributed by atoms with Crippen LogP contribution in [0.3, 0.4) is 0 Å². The Bertz CT molecular complexity index is 468. The summed E-state index contributed by atoms with van der Waals surface area (Å²) in [5.41, 5.74) is 0.892. The lowest BCUT2D eigenvalue weighted by molar-refractivity contribution is 0.536. The van der Waals surface area contributed by atoms with Crippen molar-refractivity contribution in [2.75, 3.05) is 18.0 Å². The van der Waals surface area contributed by atoms with E-state index in [0.29, 0.717) is 23.1 Å². The Morgan fingerprint density at radius 3 is 2.16 bits per heavy atom. The average molecular weight is 327 g/mol. The summed E-state index contributed by atoms with van der Waals surface area (Å²) in [6, 6.07) is 5.34. The number of nitriles is 1. The van der Waals surface area contributed by atoms with Crippen LogP contribution in [0.1, 0.15) is 33.3 Å². The van der Waals surface area contributed by atoms with Gasteiger partial charge in [-0.15, -0.1) is 0 Å². The molecule has 0 aliphatic carbocycles. The molecule has 0 radical (unpaired) electrons. The van der Waals surface area contributed by atoms with Crippen LogP contribution in [0.15, 0.2) is 16.6 Å². The minimum Gasteiger partial charge on any atom is -0.369 e. The highest BCUT2D eigenvalue weighted by atomic mass is 79.9. The van der Waals surface area contributed by atoms with Crippen LogP contribution in [-0.4, -0.2) is 13.1 Å². The minimum atomic E-state index is -0.347. The largest absolute Gasteiger partial charge is 0.369 e. The molecule has 0 fully saturated rings. The molecule has 0 heterocycles. The molecule has 1 aromatic rings. The van der Waals surface area contributed by atoms with E-state index in [-0.39, 0.29) is 10.3 Å². The van der Waals surface area contributed by atoms with Crippen LogP contribution < -0.4 is 4.90 Å². The molecule has 0 N–H and O–H groups in total. The first-order chi connectivity index (χ1) is 8.86. The standard InChI is InChI=1S/C15H20BrFN2/c1-10(2)8-19(9-11(3)4)13-6-5-12(7-18)14(16)15(13)17/h5-6,10-11H,8-9H2,1-4H3. The quantitative estimate of drug-likeness (QED) is 0.791.